The summed E-state index contributed by atoms with van der Waals surface area (Å²) in [4.78, 5) is 63.4. The summed E-state index contributed by atoms with van der Waals surface area (Å²) < 4.78 is 21.9. The number of esters is 3. The fourth-order valence-electron chi connectivity index (χ4n) is 6.89. The second kappa shape index (κ2) is 11.9. The van der Waals surface area contributed by atoms with E-state index in [1.165, 1.54) is 19.1 Å². The lowest BCUT2D eigenvalue weighted by Gasteiger charge is -2.61. The van der Waals surface area contributed by atoms with Crippen LogP contribution in [0.3, 0.4) is 0 Å². The highest BCUT2D eigenvalue weighted by molar-refractivity contribution is 5.87. The first-order valence-electron chi connectivity index (χ1n) is 14.6. The highest BCUT2D eigenvalue weighted by atomic mass is 16.6. The van der Waals surface area contributed by atoms with E-state index in [0.717, 1.165) is 12.5 Å². The minimum atomic E-state index is -1.89. The van der Waals surface area contributed by atoms with Gasteiger partial charge in [-0.05, 0) is 58.0 Å². The molecule has 2 aliphatic carbocycles. The molecule has 2 aliphatic heterocycles. The van der Waals surface area contributed by atoms with Gasteiger partial charge in [0.2, 0.25) is 12.0 Å². The fourth-order valence-corrected chi connectivity index (χ4v) is 6.89. The largest absolute Gasteiger partial charge is 0.504 e. The number of aliphatic hydroxyl groups excluding tert-OH is 1. The predicted molar refractivity (Wildman–Crippen MR) is 150 cm³/mol. The smallest absolute Gasteiger partial charge is 0.348 e. The van der Waals surface area contributed by atoms with Gasteiger partial charge in [-0.3, -0.25) is 14.4 Å². The number of nitrogens with zero attached hydrogens (tertiary/aromatic N) is 1. The zero-order valence-electron chi connectivity index (χ0n) is 25.0. The van der Waals surface area contributed by atoms with Crippen molar-refractivity contribution in [1.29, 1.82) is 0 Å². The molecule has 1 spiro atoms. The molecule has 4 aliphatic rings. The molecule has 0 unspecified atom stereocenters. The zero-order chi connectivity index (χ0) is 32.8. The van der Waals surface area contributed by atoms with Crippen LogP contribution in [0.15, 0.2) is 24.0 Å². The first-order chi connectivity index (χ1) is 21.2. The highest BCUT2D eigenvalue weighted by Crippen LogP contribution is 2.65. The number of aliphatic carboxylic acids is 1. The number of hydrogen-bond acceptors (Lipinski definition) is 13. The molecule has 244 valence electrons. The third kappa shape index (κ3) is 5.48. The molecule has 0 aromatic heterocycles. The number of likely N-dealkylation sites (N-methyl/N-ethyl adjacent to an activating group) is 1. The quantitative estimate of drug-likeness (QED) is 0.152. The summed E-state index contributed by atoms with van der Waals surface area (Å²) in [6, 6.07) is 3.06. The number of aliphatic hydroxyl groups is 2. The predicted octanol–water partition coefficient (Wildman–Crippen LogP) is -0.582. The van der Waals surface area contributed by atoms with Crippen molar-refractivity contribution in [3.63, 3.8) is 0 Å². The Hall–Kier alpha value is -4.21. The van der Waals surface area contributed by atoms with Crippen molar-refractivity contribution in [2.75, 3.05) is 20.1 Å². The Balaban J connectivity index is 1.35. The van der Waals surface area contributed by atoms with Gasteiger partial charge in [-0.25, -0.2) is 9.59 Å². The molecule has 2 bridgehead atoms. The molecule has 2 heterocycles. The number of carboxylic acids is 1. The first-order valence-corrected chi connectivity index (χ1v) is 14.6. The number of piperidine rings is 1. The van der Waals surface area contributed by atoms with E-state index in [9.17, 15) is 39.3 Å². The monoisotopic (exact) mass is 632 g/mol. The molecule has 1 aromatic carbocycles. The molecule has 0 radical (unpaired) electrons. The van der Waals surface area contributed by atoms with E-state index in [1.807, 2.05) is 7.05 Å². The fraction of sp³-hybridized carbons (Fsp3) is 0.567. The highest BCUT2D eigenvalue weighted by Gasteiger charge is 2.72. The molecule has 15 heteroatoms. The molecular formula is C30H36N2O13. The second-order valence-electron chi connectivity index (χ2n) is 11.9. The third-order valence-electron chi connectivity index (χ3n) is 9.12. The molecule has 5 N–H and O–H groups in total. The van der Waals surface area contributed by atoms with Crippen LogP contribution < -0.4 is 10.1 Å². The van der Waals surface area contributed by atoms with Crippen LogP contribution in [0.2, 0.25) is 0 Å². The van der Waals surface area contributed by atoms with Crippen molar-refractivity contribution >= 4 is 29.8 Å². The summed E-state index contributed by atoms with van der Waals surface area (Å²) in [6.07, 6.45) is -4.50. The Labute approximate surface area is 257 Å². The van der Waals surface area contributed by atoms with Gasteiger partial charge >= 0.3 is 23.9 Å². The van der Waals surface area contributed by atoms with Crippen LogP contribution in [0.25, 0.3) is 0 Å². The average Bonchev–Trinajstić information content (AvgIpc) is 3.33. The normalized spacial score (nSPS) is 27.9. The molecule has 0 saturated carbocycles. The molecule has 1 aromatic rings. The Bertz CT molecular complexity index is 1460. The summed E-state index contributed by atoms with van der Waals surface area (Å²) in [7, 11) is 1.93. The summed E-state index contributed by atoms with van der Waals surface area (Å²) >= 11 is 0. The van der Waals surface area contributed by atoms with Crippen LogP contribution in [0.1, 0.15) is 50.7 Å². The molecule has 7 atom stereocenters. The number of phenols is 1. The zero-order valence-corrected chi connectivity index (χ0v) is 25.0. The van der Waals surface area contributed by atoms with Crippen molar-refractivity contribution in [1.82, 2.24) is 10.2 Å². The number of carboxylic acid groups (broad SMARTS) is 1. The Morgan fingerprint density at radius 1 is 1.16 bits per heavy atom. The SMILES string of the molecule is C[C@H](O)C(=O)NCCC(=O)O[C@@H](CC(=O)OC1=CC[C@@]2(O)[C@@H]3Cc4ccc(O)c5c4[C@@]2(CCN3C)[C@H]1O5)C(=O)O[C@@H](C)C(=O)O. The van der Waals surface area contributed by atoms with Gasteiger partial charge in [-0.2, -0.15) is 0 Å². The third-order valence-corrected chi connectivity index (χ3v) is 9.12. The number of carbonyl (C=O) groups is 5. The maximum Gasteiger partial charge on any atom is 0.348 e. The Kier molecular flexibility index (Phi) is 8.55. The number of rotatable bonds is 11. The van der Waals surface area contributed by atoms with E-state index in [4.69, 9.17) is 24.1 Å². The maximum atomic E-state index is 13.3. The van der Waals surface area contributed by atoms with Crippen LogP contribution in [-0.4, -0.2) is 111 Å². The lowest BCUT2D eigenvalue weighted by Crippen LogP contribution is -2.74. The van der Waals surface area contributed by atoms with E-state index in [-0.39, 0.29) is 36.3 Å². The number of carbonyl (C=O) groups excluding carboxylic acids is 4. The summed E-state index contributed by atoms with van der Waals surface area (Å²) in [5, 5.41) is 43.6. The maximum absolute atomic E-state index is 13.3. The standard InChI is InChI=1S/C30H36N2O13/c1-14(33)26(37)31-10-7-21(35)44-19(28(40)42-15(2)27(38)39)13-22(36)43-18-6-8-30(41)20-12-16-4-5-17(34)24-23(16)29(30,25(18)45-24)9-11-32(20)3/h4-6,14-15,19-20,25,33-34,41H,7-13H2,1-3H3,(H,31,37)(H,38,39)/t14-,15-,19-,20-,25-,29-,30+/m0/s1. The Morgan fingerprint density at radius 2 is 1.89 bits per heavy atom. The molecule has 1 fully saturated rings. The van der Waals surface area contributed by atoms with Crippen LogP contribution >= 0.6 is 0 Å². The molecule has 45 heavy (non-hydrogen) atoms. The average molecular weight is 633 g/mol. The van der Waals surface area contributed by atoms with Gasteiger partial charge in [-0.15, -0.1) is 0 Å². The molecular weight excluding hydrogens is 596 g/mol. The minimum absolute atomic E-state index is 0.0506. The van der Waals surface area contributed by atoms with Crippen molar-refractivity contribution in [3.05, 3.63) is 35.1 Å². The van der Waals surface area contributed by atoms with E-state index < -0.39 is 78.1 Å². The number of nitrogens with one attached hydrogen (secondary N) is 1. The molecule has 1 saturated heterocycles. The van der Waals surface area contributed by atoms with Gasteiger partial charge in [0.05, 0.1) is 23.9 Å². The van der Waals surface area contributed by atoms with Gasteiger partial charge in [0, 0.05) is 24.6 Å². The number of ether oxygens (including phenoxy) is 4. The van der Waals surface area contributed by atoms with Crippen LogP contribution in [-0.2, 0) is 50.0 Å². The number of benzene rings is 1. The van der Waals surface area contributed by atoms with Gasteiger partial charge in [0.1, 0.15) is 11.9 Å². The van der Waals surface area contributed by atoms with Crippen molar-refractivity contribution in [2.45, 2.75) is 87.4 Å². The molecule has 15 nitrogen and oxygen atoms in total. The lowest BCUT2D eigenvalue weighted by atomic mass is 9.50. The lowest BCUT2D eigenvalue weighted by molar-refractivity contribution is -0.179. The van der Waals surface area contributed by atoms with E-state index in [1.54, 1.807) is 6.07 Å². The van der Waals surface area contributed by atoms with Crippen molar-refractivity contribution < 1.29 is 63.3 Å². The second-order valence-corrected chi connectivity index (χ2v) is 11.9. The van der Waals surface area contributed by atoms with Crippen molar-refractivity contribution in [3.8, 4) is 11.5 Å². The Morgan fingerprint density at radius 3 is 2.58 bits per heavy atom. The summed E-state index contributed by atoms with van der Waals surface area (Å²) in [6.45, 7) is 2.66. The summed E-state index contributed by atoms with van der Waals surface area (Å²) in [5.74, 6) is -5.42. The molecule has 5 rings (SSSR count). The summed E-state index contributed by atoms with van der Waals surface area (Å²) in [5.41, 5.74) is -0.744. The van der Waals surface area contributed by atoms with Gasteiger partial charge in [0.15, 0.2) is 23.7 Å². The molecule has 1 amide bonds. The van der Waals surface area contributed by atoms with Gasteiger partial charge < -0.3 is 49.6 Å². The van der Waals surface area contributed by atoms with Crippen LogP contribution in [0.4, 0.5) is 0 Å². The number of aromatic hydroxyl groups is 1. The number of likely N-dealkylation sites (tertiary alicyclic amines) is 1. The number of amides is 1. The van der Waals surface area contributed by atoms with Crippen molar-refractivity contribution in [2.24, 2.45) is 0 Å². The van der Waals surface area contributed by atoms with Crippen LogP contribution in [0.5, 0.6) is 11.5 Å². The minimum Gasteiger partial charge on any atom is -0.504 e. The number of phenolic OH excluding ortho intramolecular Hbond substituents is 1. The van der Waals surface area contributed by atoms with Gasteiger partial charge in [-0.1, -0.05) is 6.07 Å². The van der Waals surface area contributed by atoms with Gasteiger partial charge in [0.25, 0.3) is 0 Å². The van der Waals surface area contributed by atoms with E-state index in [0.29, 0.717) is 24.9 Å². The topological polar surface area (TPSA) is 218 Å². The first kappa shape index (κ1) is 32.2. The van der Waals surface area contributed by atoms with Crippen LogP contribution in [0, 0.1) is 0 Å². The van der Waals surface area contributed by atoms with E-state index >= 15 is 0 Å². The van der Waals surface area contributed by atoms with E-state index in [2.05, 4.69) is 10.2 Å². The number of hydrogen-bond donors (Lipinski definition) is 5.